The SMILES string of the molecule is Cc1ccc(S(=O)(=O)N2CCSC(c3cc(F)ccc3F)CC2)c(C)c1. The third-order valence-corrected chi connectivity index (χ3v) is 7.92. The summed E-state index contributed by atoms with van der Waals surface area (Å²) in [6, 6.07) is 8.71. The normalized spacial score (nSPS) is 19.3. The quantitative estimate of drug-likeness (QED) is 0.768. The van der Waals surface area contributed by atoms with Crippen LogP contribution >= 0.6 is 11.8 Å². The first kappa shape index (κ1) is 19.3. The third kappa shape index (κ3) is 3.94. The van der Waals surface area contributed by atoms with Gasteiger partial charge in [-0.05, 0) is 50.1 Å². The summed E-state index contributed by atoms with van der Waals surface area (Å²) < 4.78 is 55.0. The van der Waals surface area contributed by atoms with Crippen LogP contribution in [0.1, 0.15) is 28.4 Å². The Bertz CT molecular complexity index is 916. The molecule has 1 heterocycles. The Morgan fingerprint density at radius 2 is 1.85 bits per heavy atom. The molecule has 1 unspecified atom stereocenters. The standard InChI is InChI=1S/C19H21F2NO2S2/c1-13-3-6-19(14(2)11-13)26(23,24)22-8-7-18(25-10-9-22)16-12-15(20)4-5-17(16)21/h3-6,11-12,18H,7-10H2,1-2H3. The average Bonchev–Trinajstić information content (AvgIpc) is 2.83. The molecule has 0 N–H and O–H groups in total. The van der Waals surface area contributed by atoms with Gasteiger partial charge in [0.2, 0.25) is 10.0 Å². The largest absolute Gasteiger partial charge is 0.243 e. The van der Waals surface area contributed by atoms with Gasteiger partial charge in [0.15, 0.2) is 0 Å². The Hall–Kier alpha value is -1.44. The molecule has 0 radical (unpaired) electrons. The maximum Gasteiger partial charge on any atom is 0.243 e. The Balaban J connectivity index is 1.83. The summed E-state index contributed by atoms with van der Waals surface area (Å²) >= 11 is 1.47. The lowest BCUT2D eigenvalue weighted by Crippen LogP contribution is -2.33. The summed E-state index contributed by atoms with van der Waals surface area (Å²) in [7, 11) is -3.60. The molecule has 1 aliphatic heterocycles. The maximum absolute atomic E-state index is 14.1. The van der Waals surface area contributed by atoms with Gasteiger partial charge in [-0.3, -0.25) is 0 Å². The molecule has 0 saturated carbocycles. The fourth-order valence-corrected chi connectivity index (χ4v) is 6.25. The number of sulfonamides is 1. The second kappa shape index (κ2) is 7.66. The number of thioether (sulfide) groups is 1. The van der Waals surface area contributed by atoms with Crippen LogP contribution in [0.3, 0.4) is 0 Å². The molecule has 26 heavy (non-hydrogen) atoms. The summed E-state index contributed by atoms with van der Waals surface area (Å²) in [5.74, 6) is -0.398. The smallest absolute Gasteiger partial charge is 0.207 e. The Morgan fingerprint density at radius 3 is 2.58 bits per heavy atom. The molecular weight excluding hydrogens is 376 g/mol. The molecule has 140 valence electrons. The summed E-state index contributed by atoms with van der Waals surface area (Å²) in [5, 5.41) is -0.259. The van der Waals surface area contributed by atoms with Gasteiger partial charge in [-0.25, -0.2) is 17.2 Å². The van der Waals surface area contributed by atoms with Gasteiger partial charge in [-0.15, -0.1) is 0 Å². The van der Waals surface area contributed by atoms with Gasteiger partial charge in [-0.1, -0.05) is 17.7 Å². The highest BCUT2D eigenvalue weighted by atomic mass is 32.2. The number of hydrogen-bond donors (Lipinski definition) is 0. The molecule has 7 heteroatoms. The number of halogens is 2. The maximum atomic E-state index is 14.1. The highest BCUT2D eigenvalue weighted by molar-refractivity contribution is 7.99. The predicted molar refractivity (Wildman–Crippen MR) is 101 cm³/mol. The zero-order valence-corrected chi connectivity index (χ0v) is 16.3. The van der Waals surface area contributed by atoms with Crippen LogP contribution in [0.4, 0.5) is 8.78 Å². The molecule has 1 fully saturated rings. The number of nitrogens with zero attached hydrogens (tertiary/aromatic N) is 1. The average molecular weight is 398 g/mol. The van der Waals surface area contributed by atoms with Crippen molar-refractivity contribution in [2.45, 2.75) is 30.4 Å². The van der Waals surface area contributed by atoms with Crippen LogP contribution in [0.25, 0.3) is 0 Å². The van der Waals surface area contributed by atoms with E-state index in [1.165, 1.54) is 22.1 Å². The lowest BCUT2D eigenvalue weighted by Gasteiger charge is -2.21. The number of aryl methyl sites for hydroxylation is 2. The van der Waals surface area contributed by atoms with Crippen molar-refractivity contribution < 1.29 is 17.2 Å². The molecule has 0 spiro atoms. The summed E-state index contributed by atoms with van der Waals surface area (Å²) in [4.78, 5) is 0.309. The van der Waals surface area contributed by atoms with E-state index in [-0.39, 0.29) is 11.8 Å². The fourth-order valence-electron chi connectivity index (χ4n) is 3.23. The minimum atomic E-state index is -3.60. The molecule has 3 nitrogen and oxygen atoms in total. The van der Waals surface area contributed by atoms with Crippen LogP contribution < -0.4 is 0 Å². The van der Waals surface area contributed by atoms with E-state index in [1.807, 2.05) is 13.0 Å². The van der Waals surface area contributed by atoms with Crippen LogP contribution in [-0.4, -0.2) is 31.6 Å². The van der Waals surface area contributed by atoms with Crippen LogP contribution in [0.15, 0.2) is 41.3 Å². The van der Waals surface area contributed by atoms with E-state index < -0.39 is 21.7 Å². The van der Waals surface area contributed by atoms with Gasteiger partial charge in [0.25, 0.3) is 0 Å². The zero-order valence-electron chi connectivity index (χ0n) is 14.7. The van der Waals surface area contributed by atoms with E-state index in [2.05, 4.69) is 0 Å². The number of rotatable bonds is 3. The molecule has 2 aromatic carbocycles. The molecule has 1 aliphatic rings. The van der Waals surface area contributed by atoms with Crippen molar-refractivity contribution in [1.29, 1.82) is 0 Å². The van der Waals surface area contributed by atoms with E-state index in [9.17, 15) is 17.2 Å². The Kier molecular flexibility index (Phi) is 5.69. The van der Waals surface area contributed by atoms with Crippen molar-refractivity contribution in [3.63, 3.8) is 0 Å². The Morgan fingerprint density at radius 1 is 1.08 bits per heavy atom. The van der Waals surface area contributed by atoms with Crippen molar-refractivity contribution in [1.82, 2.24) is 4.31 Å². The van der Waals surface area contributed by atoms with Crippen molar-refractivity contribution in [2.24, 2.45) is 0 Å². The molecule has 3 rings (SSSR count). The first-order valence-corrected chi connectivity index (χ1v) is 10.9. The summed E-state index contributed by atoms with van der Waals surface area (Å²) in [5.41, 5.74) is 2.03. The molecule has 2 aromatic rings. The van der Waals surface area contributed by atoms with Gasteiger partial charge in [0.1, 0.15) is 11.6 Å². The summed E-state index contributed by atoms with van der Waals surface area (Å²) in [6.07, 6.45) is 0.440. The second-order valence-electron chi connectivity index (χ2n) is 6.49. The lowest BCUT2D eigenvalue weighted by molar-refractivity contribution is 0.426. The van der Waals surface area contributed by atoms with E-state index in [0.717, 1.165) is 23.3 Å². The van der Waals surface area contributed by atoms with Crippen molar-refractivity contribution in [2.75, 3.05) is 18.8 Å². The zero-order chi connectivity index (χ0) is 18.9. The van der Waals surface area contributed by atoms with Crippen molar-refractivity contribution >= 4 is 21.8 Å². The first-order chi connectivity index (χ1) is 12.3. The number of benzene rings is 2. The first-order valence-electron chi connectivity index (χ1n) is 8.43. The minimum absolute atomic E-state index is 0.259. The molecule has 0 aromatic heterocycles. The monoisotopic (exact) mass is 397 g/mol. The minimum Gasteiger partial charge on any atom is -0.207 e. The predicted octanol–water partition coefficient (Wildman–Crippen LogP) is 4.45. The van der Waals surface area contributed by atoms with Crippen molar-refractivity contribution in [3.05, 3.63) is 64.7 Å². The van der Waals surface area contributed by atoms with E-state index >= 15 is 0 Å². The highest BCUT2D eigenvalue weighted by Crippen LogP contribution is 2.37. The second-order valence-corrected chi connectivity index (χ2v) is 9.70. The van der Waals surface area contributed by atoms with Crippen LogP contribution in [0.2, 0.25) is 0 Å². The van der Waals surface area contributed by atoms with E-state index in [4.69, 9.17) is 0 Å². The summed E-state index contributed by atoms with van der Waals surface area (Å²) in [6.45, 7) is 4.35. The molecule has 0 aliphatic carbocycles. The van der Waals surface area contributed by atoms with E-state index in [1.54, 1.807) is 19.1 Å². The van der Waals surface area contributed by atoms with E-state index in [0.29, 0.717) is 29.2 Å². The molecule has 1 saturated heterocycles. The molecular formula is C19H21F2NO2S2. The van der Waals surface area contributed by atoms with Gasteiger partial charge in [0, 0.05) is 29.7 Å². The highest BCUT2D eigenvalue weighted by Gasteiger charge is 2.30. The van der Waals surface area contributed by atoms with Gasteiger partial charge in [0.05, 0.1) is 4.90 Å². The van der Waals surface area contributed by atoms with Crippen LogP contribution in [0.5, 0.6) is 0 Å². The van der Waals surface area contributed by atoms with Gasteiger partial charge >= 0.3 is 0 Å². The van der Waals surface area contributed by atoms with Gasteiger partial charge < -0.3 is 0 Å². The van der Waals surface area contributed by atoms with Crippen molar-refractivity contribution in [3.8, 4) is 0 Å². The third-order valence-electron chi connectivity index (χ3n) is 4.55. The number of hydrogen-bond acceptors (Lipinski definition) is 3. The lowest BCUT2D eigenvalue weighted by atomic mass is 10.1. The van der Waals surface area contributed by atoms with Crippen LogP contribution in [0, 0.1) is 25.5 Å². The Labute approximate surface area is 157 Å². The molecule has 1 atom stereocenters. The molecule has 0 amide bonds. The fraction of sp³-hybridized carbons (Fsp3) is 0.368. The van der Waals surface area contributed by atoms with Gasteiger partial charge in [-0.2, -0.15) is 16.1 Å². The topological polar surface area (TPSA) is 37.4 Å². The van der Waals surface area contributed by atoms with Crippen LogP contribution in [-0.2, 0) is 10.0 Å². The molecule has 0 bridgehead atoms.